The molecular weight excluding hydrogens is 327 g/mol. The van der Waals surface area contributed by atoms with E-state index in [0.717, 1.165) is 5.56 Å². The zero-order chi connectivity index (χ0) is 17.4. The molecule has 0 aromatic heterocycles. The Bertz CT molecular complexity index is 728. The molecule has 0 amide bonds. The van der Waals surface area contributed by atoms with Gasteiger partial charge in [0.25, 0.3) is 0 Å². The maximum absolute atomic E-state index is 12.2. The van der Waals surface area contributed by atoms with Crippen LogP contribution < -0.4 is 0 Å². The number of hydrogen-bond acceptors (Lipinski definition) is 3. The number of benzene rings is 2. The Morgan fingerprint density at radius 2 is 1.67 bits per heavy atom. The first-order chi connectivity index (χ1) is 11.5. The topological polar surface area (TPSA) is 83.8 Å². The maximum Gasteiger partial charge on any atom is 0.333 e. The Labute approximate surface area is 140 Å². The number of rotatable bonds is 8. The fourth-order valence-corrected chi connectivity index (χ4v) is 3.45. The standard InChI is InChI=1S/C18H19O5P/c19-18(20)17(13-7-12-15-8-3-1-4-9-15)23-24(21,22)14-16-10-5-2-6-11-16/h1-12,17H,13-14H2,(H,19,20)(H,21,22). The summed E-state index contributed by atoms with van der Waals surface area (Å²) in [5, 5.41) is 9.21. The highest BCUT2D eigenvalue weighted by Gasteiger charge is 2.29. The van der Waals surface area contributed by atoms with Crippen molar-refractivity contribution in [2.75, 3.05) is 0 Å². The molecule has 5 nitrogen and oxygen atoms in total. The lowest BCUT2D eigenvalue weighted by Gasteiger charge is -2.17. The average Bonchev–Trinajstić information content (AvgIpc) is 2.55. The van der Waals surface area contributed by atoms with Gasteiger partial charge in [0.2, 0.25) is 0 Å². The molecule has 2 aromatic carbocycles. The molecule has 0 radical (unpaired) electrons. The van der Waals surface area contributed by atoms with Crippen molar-refractivity contribution in [2.45, 2.75) is 18.7 Å². The molecule has 24 heavy (non-hydrogen) atoms. The van der Waals surface area contributed by atoms with Gasteiger partial charge >= 0.3 is 13.6 Å². The normalized spacial score (nSPS) is 15.0. The number of aliphatic carboxylic acids is 1. The van der Waals surface area contributed by atoms with E-state index in [1.807, 2.05) is 30.3 Å². The lowest BCUT2D eigenvalue weighted by Crippen LogP contribution is -2.22. The van der Waals surface area contributed by atoms with Crippen LogP contribution in [-0.4, -0.2) is 22.1 Å². The monoisotopic (exact) mass is 346 g/mol. The van der Waals surface area contributed by atoms with E-state index in [0.29, 0.717) is 5.56 Å². The molecule has 0 heterocycles. The highest BCUT2D eigenvalue weighted by molar-refractivity contribution is 7.52. The lowest BCUT2D eigenvalue weighted by molar-refractivity contribution is -0.145. The largest absolute Gasteiger partial charge is 0.479 e. The first-order valence-corrected chi connectivity index (χ1v) is 9.21. The molecular formula is C18H19O5P. The molecule has 2 unspecified atom stereocenters. The molecule has 0 saturated carbocycles. The summed E-state index contributed by atoms with van der Waals surface area (Å²) in [6, 6.07) is 18.0. The summed E-state index contributed by atoms with van der Waals surface area (Å²) in [5.74, 6) is -1.27. The molecule has 0 fully saturated rings. The average molecular weight is 346 g/mol. The van der Waals surface area contributed by atoms with Gasteiger partial charge in [-0.3, -0.25) is 9.09 Å². The van der Waals surface area contributed by atoms with Crippen LogP contribution in [0.25, 0.3) is 6.08 Å². The minimum atomic E-state index is -4.05. The highest BCUT2D eigenvalue weighted by Crippen LogP contribution is 2.47. The fourth-order valence-electron chi connectivity index (χ4n) is 2.13. The van der Waals surface area contributed by atoms with Crippen molar-refractivity contribution in [1.82, 2.24) is 0 Å². The summed E-state index contributed by atoms with van der Waals surface area (Å²) in [6.07, 6.45) is 1.78. The Morgan fingerprint density at radius 3 is 2.25 bits per heavy atom. The van der Waals surface area contributed by atoms with Gasteiger partial charge in [-0.05, 0) is 11.1 Å². The highest BCUT2D eigenvalue weighted by atomic mass is 31.2. The Hall–Kier alpha value is -2.20. The van der Waals surface area contributed by atoms with E-state index in [-0.39, 0.29) is 12.6 Å². The second kappa shape index (κ2) is 8.60. The number of carbonyl (C=O) groups is 1. The molecule has 2 N–H and O–H groups in total. The summed E-state index contributed by atoms with van der Waals surface area (Å²) >= 11 is 0. The smallest absolute Gasteiger partial charge is 0.333 e. The van der Waals surface area contributed by atoms with Gasteiger partial charge in [0.15, 0.2) is 6.10 Å². The van der Waals surface area contributed by atoms with Crippen LogP contribution in [0.5, 0.6) is 0 Å². The molecule has 126 valence electrons. The Kier molecular flexibility index (Phi) is 6.50. The Morgan fingerprint density at radius 1 is 1.08 bits per heavy atom. The molecule has 0 saturated heterocycles. The number of carboxylic acids is 1. The zero-order valence-electron chi connectivity index (χ0n) is 13.0. The quantitative estimate of drug-likeness (QED) is 0.707. The first kappa shape index (κ1) is 18.1. The second-order valence-electron chi connectivity index (χ2n) is 5.26. The van der Waals surface area contributed by atoms with E-state index in [4.69, 9.17) is 4.52 Å². The third-order valence-corrected chi connectivity index (χ3v) is 4.60. The molecule has 2 aromatic rings. The van der Waals surface area contributed by atoms with Crippen LogP contribution in [0.15, 0.2) is 66.7 Å². The van der Waals surface area contributed by atoms with Crippen molar-refractivity contribution >= 4 is 19.6 Å². The predicted octanol–water partition coefficient (Wildman–Crippen LogP) is 3.95. The van der Waals surface area contributed by atoms with Crippen LogP contribution in [0.2, 0.25) is 0 Å². The van der Waals surface area contributed by atoms with E-state index in [2.05, 4.69) is 0 Å². The number of hydrogen-bond donors (Lipinski definition) is 2. The van der Waals surface area contributed by atoms with Crippen LogP contribution >= 0.6 is 7.60 Å². The van der Waals surface area contributed by atoms with Crippen molar-refractivity contribution in [1.29, 1.82) is 0 Å². The zero-order valence-corrected chi connectivity index (χ0v) is 13.9. The molecule has 0 spiro atoms. The van der Waals surface area contributed by atoms with E-state index in [1.165, 1.54) is 0 Å². The molecule has 0 aliphatic rings. The summed E-state index contributed by atoms with van der Waals surface area (Å²) in [5.41, 5.74) is 1.53. The van der Waals surface area contributed by atoms with E-state index >= 15 is 0 Å². The first-order valence-electron chi connectivity index (χ1n) is 7.45. The van der Waals surface area contributed by atoms with Gasteiger partial charge in [-0.1, -0.05) is 72.8 Å². The van der Waals surface area contributed by atoms with Gasteiger partial charge in [-0.15, -0.1) is 0 Å². The van der Waals surface area contributed by atoms with Gasteiger partial charge in [0, 0.05) is 6.42 Å². The minimum Gasteiger partial charge on any atom is -0.479 e. The third kappa shape index (κ3) is 6.13. The van der Waals surface area contributed by atoms with Crippen LogP contribution in [-0.2, 0) is 20.0 Å². The van der Waals surface area contributed by atoms with Crippen LogP contribution in [0.1, 0.15) is 17.5 Å². The SMILES string of the molecule is O=C(O)C(CC=Cc1ccccc1)OP(=O)(O)Cc1ccccc1. The van der Waals surface area contributed by atoms with E-state index in [9.17, 15) is 19.4 Å². The third-order valence-electron chi connectivity index (χ3n) is 3.25. The predicted molar refractivity (Wildman–Crippen MR) is 92.6 cm³/mol. The van der Waals surface area contributed by atoms with Crippen LogP contribution in [0, 0.1) is 0 Å². The summed E-state index contributed by atoms with van der Waals surface area (Å²) in [6.45, 7) is 0. The molecule has 2 rings (SSSR count). The van der Waals surface area contributed by atoms with E-state index in [1.54, 1.807) is 42.5 Å². The van der Waals surface area contributed by atoms with Crippen LogP contribution in [0.4, 0.5) is 0 Å². The maximum atomic E-state index is 12.2. The molecule has 0 aliphatic carbocycles. The van der Waals surface area contributed by atoms with Crippen molar-refractivity contribution in [2.24, 2.45) is 0 Å². The summed E-state index contributed by atoms with van der Waals surface area (Å²) in [7, 11) is -4.05. The summed E-state index contributed by atoms with van der Waals surface area (Å²) in [4.78, 5) is 21.2. The van der Waals surface area contributed by atoms with E-state index < -0.39 is 19.7 Å². The van der Waals surface area contributed by atoms with Crippen molar-refractivity contribution in [3.8, 4) is 0 Å². The van der Waals surface area contributed by atoms with Crippen molar-refractivity contribution in [3.05, 3.63) is 77.9 Å². The van der Waals surface area contributed by atoms with Gasteiger partial charge in [0.1, 0.15) is 0 Å². The fraction of sp³-hybridized carbons (Fsp3) is 0.167. The second-order valence-corrected chi connectivity index (χ2v) is 7.06. The molecule has 6 heteroatoms. The number of carboxylic acid groups (broad SMARTS) is 1. The lowest BCUT2D eigenvalue weighted by atomic mass is 10.2. The molecule has 2 atom stereocenters. The molecule has 0 bridgehead atoms. The van der Waals surface area contributed by atoms with Gasteiger partial charge in [0.05, 0.1) is 6.16 Å². The van der Waals surface area contributed by atoms with Gasteiger partial charge in [-0.2, -0.15) is 0 Å². The molecule has 0 aliphatic heterocycles. The van der Waals surface area contributed by atoms with Crippen molar-refractivity contribution < 1.29 is 23.9 Å². The van der Waals surface area contributed by atoms with Gasteiger partial charge < -0.3 is 10.00 Å². The summed E-state index contributed by atoms with van der Waals surface area (Å²) < 4.78 is 17.2. The van der Waals surface area contributed by atoms with Crippen LogP contribution in [0.3, 0.4) is 0 Å². The van der Waals surface area contributed by atoms with Crippen molar-refractivity contribution in [3.63, 3.8) is 0 Å². The van der Waals surface area contributed by atoms with Gasteiger partial charge in [-0.25, -0.2) is 4.79 Å². The minimum absolute atomic E-state index is 0.00354. The Balaban J connectivity index is 1.98.